The number of carbonyl (C=O) groups is 2. The average molecular weight is 423 g/mol. The van der Waals surface area contributed by atoms with Crippen LogP contribution in [0.15, 0.2) is 48.5 Å². The van der Waals surface area contributed by atoms with Gasteiger partial charge in [0.1, 0.15) is 12.3 Å². The minimum absolute atomic E-state index is 0.0198. The lowest BCUT2D eigenvalue weighted by Gasteiger charge is -2.31. The molecule has 1 saturated heterocycles. The molecule has 0 saturated carbocycles. The summed E-state index contributed by atoms with van der Waals surface area (Å²) >= 11 is 1.48. The highest BCUT2D eigenvalue weighted by Gasteiger charge is 2.31. The highest BCUT2D eigenvalue weighted by Crippen LogP contribution is 2.33. The summed E-state index contributed by atoms with van der Waals surface area (Å²) < 4.78 is 12.3. The van der Waals surface area contributed by atoms with Crippen LogP contribution in [0.25, 0.3) is 10.2 Å². The molecule has 30 heavy (non-hydrogen) atoms. The maximum atomic E-state index is 13.4. The number of hydrogen-bond acceptors (Lipinski definition) is 6. The van der Waals surface area contributed by atoms with Gasteiger partial charge in [0, 0.05) is 6.61 Å². The highest BCUT2D eigenvalue weighted by molar-refractivity contribution is 7.22. The molecular formula is C22H21N3O4S. The molecule has 7 nitrogen and oxygen atoms in total. The predicted octanol–water partition coefficient (Wildman–Crippen LogP) is 3.23. The zero-order valence-electron chi connectivity index (χ0n) is 16.3. The van der Waals surface area contributed by atoms with Crippen LogP contribution in [0.3, 0.4) is 0 Å². The normalized spacial score (nSPS) is 18.3. The quantitative estimate of drug-likeness (QED) is 0.630. The lowest BCUT2D eigenvalue weighted by atomic mass is 10.2. The van der Waals surface area contributed by atoms with Gasteiger partial charge in [-0.25, -0.2) is 4.98 Å². The van der Waals surface area contributed by atoms with Gasteiger partial charge in [-0.15, -0.1) is 0 Å². The first kappa shape index (κ1) is 19.0. The van der Waals surface area contributed by atoms with E-state index in [-0.39, 0.29) is 31.1 Å². The lowest BCUT2D eigenvalue weighted by molar-refractivity contribution is -0.124. The number of para-hydroxylation sites is 3. The first-order valence-corrected chi connectivity index (χ1v) is 10.8. The molecule has 2 amide bonds. The Hall–Kier alpha value is -2.97. The first-order valence-electron chi connectivity index (χ1n) is 9.99. The van der Waals surface area contributed by atoms with E-state index in [2.05, 4.69) is 4.98 Å². The van der Waals surface area contributed by atoms with Crippen molar-refractivity contribution in [1.82, 2.24) is 4.98 Å². The SMILES string of the molecule is O=C(CN1C(=O)COc2ccccc21)N(CC1CCCO1)c1nc2ccccc2s1. The van der Waals surface area contributed by atoms with Crippen LogP contribution in [0.1, 0.15) is 12.8 Å². The van der Waals surface area contributed by atoms with Gasteiger partial charge in [0.2, 0.25) is 5.91 Å². The molecule has 1 unspecified atom stereocenters. The number of fused-ring (bicyclic) bond motifs is 2. The van der Waals surface area contributed by atoms with E-state index < -0.39 is 0 Å². The molecule has 2 aliphatic heterocycles. The molecule has 0 N–H and O–H groups in total. The molecule has 0 aliphatic carbocycles. The molecule has 3 aromatic rings. The summed E-state index contributed by atoms with van der Waals surface area (Å²) in [7, 11) is 0. The number of nitrogens with zero attached hydrogens (tertiary/aromatic N) is 3. The van der Waals surface area contributed by atoms with Crippen LogP contribution in [0.5, 0.6) is 5.75 Å². The zero-order chi connectivity index (χ0) is 20.5. The Balaban J connectivity index is 1.45. The number of benzene rings is 2. The minimum Gasteiger partial charge on any atom is -0.482 e. The van der Waals surface area contributed by atoms with Crippen molar-refractivity contribution in [1.29, 1.82) is 0 Å². The van der Waals surface area contributed by atoms with Crippen molar-refractivity contribution in [2.75, 3.05) is 36.1 Å². The fourth-order valence-electron chi connectivity index (χ4n) is 3.80. The van der Waals surface area contributed by atoms with E-state index in [9.17, 15) is 9.59 Å². The molecule has 8 heteroatoms. The van der Waals surface area contributed by atoms with E-state index in [1.54, 1.807) is 17.0 Å². The van der Waals surface area contributed by atoms with Crippen molar-refractivity contribution in [3.8, 4) is 5.75 Å². The van der Waals surface area contributed by atoms with Crippen LogP contribution in [-0.4, -0.2) is 49.2 Å². The van der Waals surface area contributed by atoms with Gasteiger partial charge in [0.15, 0.2) is 11.7 Å². The second-order valence-corrected chi connectivity index (χ2v) is 8.35. The topological polar surface area (TPSA) is 72.0 Å². The van der Waals surface area contributed by atoms with E-state index in [0.29, 0.717) is 29.7 Å². The van der Waals surface area contributed by atoms with Crippen LogP contribution in [-0.2, 0) is 14.3 Å². The average Bonchev–Trinajstić information content (AvgIpc) is 3.43. The van der Waals surface area contributed by atoms with Crippen molar-refractivity contribution in [2.24, 2.45) is 0 Å². The Morgan fingerprint density at radius 2 is 2.03 bits per heavy atom. The Bertz CT molecular complexity index is 1060. The van der Waals surface area contributed by atoms with Crippen LogP contribution in [0, 0.1) is 0 Å². The van der Waals surface area contributed by atoms with Gasteiger partial charge in [0.25, 0.3) is 5.91 Å². The number of hydrogen-bond donors (Lipinski definition) is 0. The number of aromatic nitrogens is 1. The van der Waals surface area contributed by atoms with E-state index in [1.807, 2.05) is 36.4 Å². The molecule has 5 rings (SSSR count). The lowest BCUT2D eigenvalue weighted by Crippen LogP contribution is -2.48. The van der Waals surface area contributed by atoms with Crippen molar-refractivity contribution in [3.05, 3.63) is 48.5 Å². The smallest absolute Gasteiger partial charge is 0.265 e. The monoisotopic (exact) mass is 423 g/mol. The summed E-state index contributed by atoms with van der Waals surface area (Å²) in [4.78, 5) is 33.8. The summed E-state index contributed by atoms with van der Waals surface area (Å²) in [6, 6.07) is 15.1. The van der Waals surface area contributed by atoms with Crippen molar-refractivity contribution >= 4 is 44.2 Å². The summed E-state index contributed by atoms with van der Waals surface area (Å²) in [5, 5.41) is 0.630. The zero-order valence-corrected chi connectivity index (χ0v) is 17.1. The Morgan fingerprint density at radius 1 is 1.20 bits per heavy atom. The molecule has 154 valence electrons. The summed E-state index contributed by atoms with van der Waals surface area (Å²) in [6.45, 7) is 1.000. The number of anilines is 2. The molecule has 3 heterocycles. The van der Waals surface area contributed by atoms with Gasteiger partial charge in [-0.1, -0.05) is 35.6 Å². The summed E-state index contributed by atoms with van der Waals surface area (Å²) in [5.41, 5.74) is 1.47. The van der Waals surface area contributed by atoms with Crippen LogP contribution in [0.2, 0.25) is 0 Å². The maximum absolute atomic E-state index is 13.4. The van der Waals surface area contributed by atoms with Crippen LogP contribution >= 0.6 is 11.3 Å². The molecule has 2 aromatic carbocycles. The number of thiazole rings is 1. The summed E-state index contributed by atoms with van der Waals surface area (Å²) in [6.07, 6.45) is 1.88. The fraction of sp³-hybridized carbons (Fsp3) is 0.318. The Morgan fingerprint density at radius 3 is 2.87 bits per heavy atom. The second-order valence-electron chi connectivity index (χ2n) is 7.34. The molecule has 0 bridgehead atoms. The standard InChI is InChI=1S/C22H21N3O4S/c26-20(13-24-17-8-2-3-9-18(17)29-14-21(24)27)25(12-15-6-5-11-28-15)22-23-16-7-1-4-10-19(16)30-22/h1-4,7-10,15H,5-6,11-14H2. The summed E-state index contributed by atoms with van der Waals surface area (Å²) in [5.74, 6) is 0.189. The van der Waals surface area contributed by atoms with Gasteiger partial charge in [-0.2, -0.15) is 0 Å². The molecule has 0 spiro atoms. The minimum atomic E-state index is -0.233. The van der Waals surface area contributed by atoms with Crippen molar-refractivity contribution < 1.29 is 19.1 Å². The van der Waals surface area contributed by atoms with Crippen LogP contribution < -0.4 is 14.5 Å². The highest BCUT2D eigenvalue weighted by atomic mass is 32.1. The molecule has 1 fully saturated rings. The van der Waals surface area contributed by atoms with E-state index in [0.717, 1.165) is 23.1 Å². The third-order valence-electron chi connectivity index (χ3n) is 5.33. The third-order valence-corrected chi connectivity index (χ3v) is 6.39. The fourth-order valence-corrected chi connectivity index (χ4v) is 4.79. The number of rotatable bonds is 5. The maximum Gasteiger partial charge on any atom is 0.265 e. The Kier molecular flexibility index (Phi) is 5.10. The number of carbonyl (C=O) groups excluding carboxylic acids is 2. The van der Waals surface area contributed by atoms with Crippen molar-refractivity contribution in [3.63, 3.8) is 0 Å². The third kappa shape index (κ3) is 3.64. The first-order chi connectivity index (χ1) is 14.7. The number of amides is 2. The van der Waals surface area contributed by atoms with Gasteiger partial charge < -0.3 is 9.47 Å². The molecular weight excluding hydrogens is 402 g/mol. The van der Waals surface area contributed by atoms with E-state index in [1.165, 1.54) is 16.2 Å². The van der Waals surface area contributed by atoms with Gasteiger partial charge >= 0.3 is 0 Å². The van der Waals surface area contributed by atoms with Crippen molar-refractivity contribution in [2.45, 2.75) is 18.9 Å². The second kappa shape index (κ2) is 8.04. The number of ether oxygens (including phenoxy) is 2. The largest absolute Gasteiger partial charge is 0.482 e. The van der Waals surface area contributed by atoms with Crippen LogP contribution in [0.4, 0.5) is 10.8 Å². The molecule has 0 radical (unpaired) electrons. The van der Waals surface area contributed by atoms with Gasteiger partial charge in [-0.3, -0.25) is 19.4 Å². The predicted molar refractivity (Wildman–Crippen MR) is 115 cm³/mol. The molecule has 1 aromatic heterocycles. The Labute approximate surface area is 177 Å². The van der Waals surface area contributed by atoms with E-state index in [4.69, 9.17) is 9.47 Å². The van der Waals surface area contributed by atoms with Gasteiger partial charge in [0.05, 0.1) is 28.6 Å². The molecule has 2 aliphatic rings. The molecule has 1 atom stereocenters. The van der Waals surface area contributed by atoms with Gasteiger partial charge in [-0.05, 0) is 37.1 Å². The van der Waals surface area contributed by atoms with E-state index >= 15 is 0 Å².